The predicted molar refractivity (Wildman–Crippen MR) is 89.9 cm³/mol. The average Bonchev–Trinajstić information content (AvgIpc) is 3.11. The van der Waals surface area contributed by atoms with E-state index in [1.54, 1.807) is 6.07 Å². The molecule has 0 unspecified atom stereocenters. The largest absolute Gasteiger partial charge is 0.484 e. The van der Waals surface area contributed by atoms with Crippen molar-refractivity contribution < 1.29 is 14.3 Å². The van der Waals surface area contributed by atoms with Gasteiger partial charge in [-0.2, -0.15) is 0 Å². The molecule has 1 aromatic rings. The third-order valence-corrected chi connectivity index (χ3v) is 5.72. The highest BCUT2D eigenvalue weighted by Crippen LogP contribution is 2.34. The van der Waals surface area contributed by atoms with E-state index < -0.39 is 5.60 Å². The molecule has 1 aliphatic carbocycles. The zero-order valence-electron chi connectivity index (χ0n) is 13.9. The first-order chi connectivity index (χ1) is 11.7. The van der Waals surface area contributed by atoms with Crippen LogP contribution in [0.15, 0.2) is 24.3 Å². The molecule has 5 heteroatoms. The number of carbonyl (C=O) groups excluding carboxylic acids is 2. The number of nitrogens with one attached hydrogen (secondary N) is 1. The summed E-state index contributed by atoms with van der Waals surface area (Å²) < 4.78 is 6.29. The van der Waals surface area contributed by atoms with Gasteiger partial charge in [-0.15, -0.1) is 0 Å². The maximum absolute atomic E-state index is 12.6. The Bertz CT molecular complexity index is 644. The molecule has 2 amide bonds. The van der Waals surface area contributed by atoms with Crippen LogP contribution in [0.4, 0.5) is 0 Å². The Hall–Kier alpha value is -2.04. The molecule has 0 atom stereocenters. The summed E-state index contributed by atoms with van der Waals surface area (Å²) in [6.45, 7) is 1.94. The number of nitrogens with zero attached hydrogens (tertiary/aromatic N) is 1. The number of hydrogen-bond donors (Lipinski definition) is 1. The van der Waals surface area contributed by atoms with E-state index in [2.05, 4.69) is 5.32 Å². The van der Waals surface area contributed by atoms with Crippen molar-refractivity contribution in [1.29, 1.82) is 0 Å². The van der Waals surface area contributed by atoms with Crippen molar-refractivity contribution in [3.63, 3.8) is 0 Å². The summed E-state index contributed by atoms with van der Waals surface area (Å²) in [6, 6.07) is 7.40. The van der Waals surface area contributed by atoms with Crippen molar-refractivity contribution in [2.45, 2.75) is 44.1 Å². The SMILES string of the molecule is O=C1NCC2(CCN(C(=O)C3CCCC3)CC2)Oc2ccccc21. The summed E-state index contributed by atoms with van der Waals surface area (Å²) in [5.41, 5.74) is 0.202. The first-order valence-electron chi connectivity index (χ1n) is 9.02. The normalized spacial score (nSPS) is 23.3. The van der Waals surface area contributed by atoms with Crippen LogP contribution < -0.4 is 10.1 Å². The van der Waals surface area contributed by atoms with Crippen molar-refractivity contribution in [2.75, 3.05) is 19.6 Å². The van der Waals surface area contributed by atoms with Crippen LogP contribution in [-0.2, 0) is 4.79 Å². The number of ether oxygens (including phenoxy) is 1. The molecule has 3 aliphatic rings. The van der Waals surface area contributed by atoms with E-state index in [0.29, 0.717) is 36.9 Å². The molecule has 2 aliphatic heterocycles. The zero-order valence-corrected chi connectivity index (χ0v) is 13.9. The predicted octanol–water partition coefficient (Wildman–Crippen LogP) is 2.36. The number of carbonyl (C=O) groups is 2. The Balaban J connectivity index is 1.46. The summed E-state index contributed by atoms with van der Waals surface area (Å²) in [7, 11) is 0. The standard InChI is InChI=1S/C19H24N2O3/c22-17-15-7-3-4-8-16(15)24-19(13-20-17)9-11-21(12-10-19)18(23)14-5-1-2-6-14/h3-4,7-8,14H,1-2,5-6,9-13H2,(H,20,22). The second-order valence-electron chi connectivity index (χ2n) is 7.27. The molecule has 4 rings (SSSR count). The number of likely N-dealkylation sites (tertiary alicyclic amines) is 1. The van der Waals surface area contributed by atoms with E-state index in [-0.39, 0.29) is 11.8 Å². The smallest absolute Gasteiger partial charge is 0.255 e. The highest BCUT2D eigenvalue weighted by molar-refractivity contribution is 5.97. The number of benzene rings is 1. The van der Waals surface area contributed by atoms with E-state index in [9.17, 15) is 9.59 Å². The van der Waals surface area contributed by atoms with Gasteiger partial charge in [0.05, 0.1) is 12.1 Å². The molecule has 1 saturated heterocycles. The van der Waals surface area contributed by atoms with Gasteiger partial charge in [-0.3, -0.25) is 9.59 Å². The minimum absolute atomic E-state index is 0.0769. The Morgan fingerprint density at radius 1 is 1.17 bits per heavy atom. The number of rotatable bonds is 1. The molecule has 2 heterocycles. The molecule has 1 aromatic carbocycles. The monoisotopic (exact) mass is 328 g/mol. The third-order valence-electron chi connectivity index (χ3n) is 5.72. The lowest BCUT2D eigenvalue weighted by Gasteiger charge is -2.41. The molecule has 0 bridgehead atoms. The zero-order chi connectivity index (χ0) is 16.6. The van der Waals surface area contributed by atoms with Crippen molar-refractivity contribution in [2.24, 2.45) is 5.92 Å². The van der Waals surface area contributed by atoms with E-state index in [0.717, 1.165) is 25.7 Å². The van der Waals surface area contributed by atoms with E-state index >= 15 is 0 Å². The lowest BCUT2D eigenvalue weighted by Crippen LogP contribution is -2.54. The van der Waals surface area contributed by atoms with Gasteiger partial charge in [0.15, 0.2) is 0 Å². The molecule has 1 spiro atoms. The van der Waals surface area contributed by atoms with Crippen LogP contribution >= 0.6 is 0 Å². The molecular weight excluding hydrogens is 304 g/mol. The fourth-order valence-electron chi connectivity index (χ4n) is 4.19. The molecule has 1 saturated carbocycles. The van der Waals surface area contributed by atoms with E-state index in [1.165, 1.54) is 12.8 Å². The second-order valence-corrected chi connectivity index (χ2v) is 7.27. The molecule has 2 fully saturated rings. The highest BCUT2D eigenvalue weighted by atomic mass is 16.5. The maximum Gasteiger partial charge on any atom is 0.255 e. The topological polar surface area (TPSA) is 58.6 Å². The molecular formula is C19H24N2O3. The van der Waals surface area contributed by atoms with Crippen LogP contribution in [0.25, 0.3) is 0 Å². The number of fused-ring (bicyclic) bond motifs is 1. The van der Waals surface area contributed by atoms with Crippen molar-refractivity contribution in [3.8, 4) is 5.75 Å². The van der Waals surface area contributed by atoms with Gasteiger partial charge in [0, 0.05) is 31.8 Å². The fraction of sp³-hybridized carbons (Fsp3) is 0.579. The Labute approximate surface area is 142 Å². The van der Waals surface area contributed by atoms with Crippen molar-refractivity contribution >= 4 is 11.8 Å². The molecule has 0 radical (unpaired) electrons. The fourth-order valence-corrected chi connectivity index (χ4v) is 4.19. The van der Waals surface area contributed by atoms with E-state index in [1.807, 2.05) is 23.1 Å². The van der Waals surface area contributed by atoms with Crippen LogP contribution in [0.1, 0.15) is 48.9 Å². The summed E-state index contributed by atoms with van der Waals surface area (Å²) in [6.07, 6.45) is 5.97. The van der Waals surface area contributed by atoms with Gasteiger partial charge in [0.25, 0.3) is 5.91 Å². The van der Waals surface area contributed by atoms with Gasteiger partial charge in [-0.1, -0.05) is 25.0 Å². The minimum atomic E-state index is -0.394. The number of para-hydroxylation sites is 1. The van der Waals surface area contributed by atoms with E-state index in [4.69, 9.17) is 4.74 Å². The summed E-state index contributed by atoms with van der Waals surface area (Å²) in [5.74, 6) is 1.13. The van der Waals surface area contributed by atoms with Crippen LogP contribution in [-0.4, -0.2) is 41.9 Å². The van der Waals surface area contributed by atoms with Crippen LogP contribution in [0.3, 0.4) is 0 Å². The van der Waals surface area contributed by atoms with Crippen molar-refractivity contribution in [1.82, 2.24) is 10.2 Å². The number of amides is 2. The quantitative estimate of drug-likeness (QED) is 0.861. The van der Waals surface area contributed by atoms with Gasteiger partial charge in [-0.25, -0.2) is 0 Å². The summed E-state index contributed by atoms with van der Waals surface area (Å²) in [5, 5.41) is 2.99. The van der Waals surface area contributed by atoms with Gasteiger partial charge in [-0.05, 0) is 25.0 Å². The Morgan fingerprint density at radius 3 is 2.62 bits per heavy atom. The number of piperidine rings is 1. The molecule has 5 nitrogen and oxygen atoms in total. The average molecular weight is 328 g/mol. The summed E-state index contributed by atoms with van der Waals surface area (Å²) in [4.78, 5) is 26.8. The van der Waals surface area contributed by atoms with Gasteiger partial charge in [0.2, 0.25) is 5.91 Å². The van der Waals surface area contributed by atoms with Crippen LogP contribution in [0.5, 0.6) is 5.75 Å². The third kappa shape index (κ3) is 2.76. The maximum atomic E-state index is 12.6. The molecule has 128 valence electrons. The second kappa shape index (κ2) is 6.11. The van der Waals surface area contributed by atoms with Gasteiger partial charge >= 0.3 is 0 Å². The summed E-state index contributed by atoms with van der Waals surface area (Å²) >= 11 is 0. The molecule has 24 heavy (non-hydrogen) atoms. The van der Waals surface area contributed by atoms with Crippen molar-refractivity contribution in [3.05, 3.63) is 29.8 Å². The molecule has 0 aromatic heterocycles. The Morgan fingerprint density at radius 2 is 1.88 bits per heavy atom. The minimum Gasteiger partial charge on any atom is -0.484 e. The van der Waals surface area contributed by atoms with Crippen LogP contribution in [0.2, 0.25) is 0 Å². The first-order valence-corrected chi connectivity index (χ1v) is 9.02. The lowest BCUT2D eigenvalue weighted by molar-refractivity contribution is -0.138. The highest BCUT2D eigenvalue weighted by Gasteiger charge is 2.41. The lowest BCUT2D eigenvalue weighted by atomic mass is 9.90. The first kappa shape index (κ1) is 15.5. The number of hydrogen-bond acceptors (Lipinski definition) is 3. The molecule has 1 N–H and O–H groups in total. The van der Waals surface area contributed by atoms with Crippen LogP contribution in [0, 0.1) is 5.92 Å². The Kier molecular flexibility index (Phi) is 3.94. The van der Waals surface area contributed by atoms with Gasteiger partial charge < -0.3 is 15.0 Å². The van der Waals surface area contributed by atoms with Gasteiger partial charge in [0.1, 0.15) is 11.4 Å².